The molecule has 0 saturated carbocycles. The Balaban J connectivity index is 1.56. The minimum atomic E-state index is -0.365. The zero-order valence-electron chi connectivity index (χ0n) is 16.1. The first kappa shape index (κ1) is 19.9. The maximum absolute atomic E-state index is 12.5. The number of rotatable bonds is 9. The Bertz CT molecular complexity index is 958. The highest BCUT2D eigenvalue weighted by molar-refractivity contribution is 5.97. The standard InChI is InChI=1S/C23H22N2O4/c1-27-21-13-7-5-9-18(21)17-24-25-23(26)20-12-6-8-14-22(20)29-16-15-28-19-10-3-2-4-11-19/h2-14,17H,15-16H2,1H3,(H,25,26)/b24-17-. The molecule has 0 bridgehead atoms. The first-order valence-corrected chi connectivity index (χ1v) is 9.14. The molecular formula is C23H22N2O4. The molecule has 148 valence electrons. The van der Waals surface area contributed by atoms with Crippen LogP contribution in [0.15, 0.2) is 84.0 Å². The summed E-state index contributed by atoms with van der Waals surface area (Å²) in [6, 6.07) is 23.9. The molecule has 0 radical (unpaired) electrons. The number of para-hydroxylation sites is 3. The number of amides is 1. The van der Waals surface area contributed by atoms with Crippen LogP contribution in [0.1, 0.15) is 15.9 Å². The highest BCUT2D eigenvalue weighted by Crippen LogP contribution is 2.18. The van der Waals surface area contributed by atoms with Gasteiger partial charge < -0.3 is 14.2 Å². The van der Waals surface area contributed by atoms with Gasteiger partial charge in [-0.05, 0) is 36.4 Å². The summed E-state index contributed by atoms with van der Waals surface area (Å²) in [6.07, 6.45) is 1.54. The van der Waals surface area contributed by atoms with Crippen molar-refractivity contribution in [2.24, 2.45) is 5.10 Å². The van der Waals surface area contributed by atoms with Crippen molar-refractivity contribution in [2.75, 3.05) is 20.3 Å². The van der Waals surface area contributed by atoms with Crippen molar-refractivity contribution < 1.29 is 19.0 Å². The quantitative estimate of drug-likeness (QED) is 0.342. The molecule has 0 heterocycles. The Kier molecular flexibility index (Phi) is 7.23. The van der Waals surface area contributed by atoms with Gasteiger partial charge in [-0.25, -0.2) is 5.43 Å². The lowest BCUT2D eigenvalue weighted by Gasteiger charge is -2.11. The summed E-state index contributed by atoms with van der Waals surface area (Å²) in [7, 11) is 1.58. The lowest BCUT2D eigenvalue weighted by atomic mass is 10.2. The largest absolute Gasteiger partial charge is 0.496 e. The molecule has 6 nitrogen and oxygen atoms in total. The van der Waals surface area contributed by atoms with Gasteiger partial charge in [-0.3, -0.25) is 4.79 Å². The lowest BCUT2D eigenvalue weighted by molar-refractivity contribution is 0.0950. The van der Waals surface area contributed by atoms with Crippen molar-refractivity contribution in [1.82, 2.24) is 5.43 Å². The number of methoxy groups -OCH3 is 1. The summed E-state index contributed by atoms with van der Waals surface area (Å²) in [4.78, 5) is 12.5. The van der Waals surface area contributed by atoms with E-state index < -0.39 is 0 Å². The van der Waals surface area contributed by atoms with Crippen molar-refractivity contribution >= 4 is 12.1 Å². The minimum Gasteiger partial charge on any atom is -0.496 e. The Morgan fingerprint density at radius 3 is 2.31 bits per heavy atom. The Hall–Kier alpha value is -3.80. The van der Waals surface area contributed by atoms with Crippen LogP contribution in [-0.4, -0.2) is 32.4 Å². The van der Waals surface area contributed by atoms with Gasteiger partial charge in [0.05, 0.1) is 18.9 Å². The second-order valence-corrected chi connectivity index (χ2v) is 5.95. The molecule has 0 unspecified atom stereocenters. The number of nitrogens with zero attached hydrogens (tertiary/aromatic N) is 1. The van der Waals surface area contributed by atoms with Crippen LogP contribution in [0.25, 0.3) is 0 Å². The molecule has 29 heavy (non-hydrogen) atoms. The summed E-state index contributed by atoms with van der Waals surface area (Å²) in [5.41, 5.74) is 3.67. The fraction of sp³-hybridized carbons (Fsp3) is 0.130. The molecule has 0 spiro atoms. The molecule has 0 aromatic heterocycles. The molecule has 1 amide bonds. The molecule has 0 fully saturated rings. The summed E-state index contributed by atoms with van der Waals surface area (Å²) in [5.74, 6) is 1.55. The van der Waals surface area contributed by atoms with Gasteiger partial charge in [0.2, 0.25) is 0 Å². The first-order chi connectivity index (χ1) is 14.3. The van der Waals surface area contributed by atoms with E-state index >= 15 is 0 Å². The number of hydrazone groups is 1. The van der Waals surface area contributed by atoms with E-state index in [1.54, 1.807) is 25.3 Å². The van der Waals surface area contributed by atoms with E-state index in [1.165, 1.54) is 6.21 Å². The van der Waals surface area contributed by atoms with Gasteiger partial charge in [-0.1, -0.05) is 42.5 Å². The molecule has 0 aliphatic rings. The normalized spacial score (nSPS) is 10.5. The van der Waals surface area contributed by atoms with Crippen LogP contribution in [0.5, 0.6) is 17.2 Å². The molecule has 6 heteroatoms. The summed E-state index contributed by atoms with van der Waals surface area (Å²) < 4.78 is 16.6. The minimum absolute atomic E-state index is 0.309. The van der Waals surface area contributed by atoms with E-state index in [-0.39, 0.29) is 5.91 Å². The molecule has 0 atom stereocenters. The SMILES string of the molecule is COc1ccccc1/C=N\NC(=O)c1ccccc1OCCOc1ccccc1. The lowest BCUT2D eigenvalue weighted by Crippen LogP contribution is -2.19. The molecule has 0 aliphatic heterocycles. The molecule has 3 aromatic rings. The number of hydrogen-bond donors (Lipinski definition) is 1. The third kappa shape index (κ3) is 5.84. The van der Waals surface area contributed by atoms with Gasteiger partial charge in [0.1, 0.15) is 30.5 Å². The summed E-state index contributed by atoms with van der Waals surface area (Å²) in [5, 5.41) is 4.02. The highest BCUT2D eigenvalue weighted by Gasteiger charge is 2.11. The summed E-state index contributed by atoms with van der Waals surface area (Å²) >= 11 is 0. The van der Waals surface area contributed by atoms with E-state index in [4.69, 9.17) is 14.2 Å². The monoisotopic (exact) mass is 390 g/mol. The smallest absolute Gasteiger partial charge is 0.275 e. The van der Waals surface area contributed by atoms with Crippen LogP contribution in [-0.2, 0) is 0 Å². The van der Waals surface area contributed by atoms with Crippen molar-refractivity contribution in [3.8, 4) is 17.2 Å². The third-order valence-corrected chi connectivity index (χ3v) is 3.99. The van der Waals surface area contributed by atoms with Gasteiger partial charge in [0.25, 0.3) is 5.91 Å². The van der Waals surface area contributed by atoms with Crippen LogP contribution in [0.3, 0.4) is 0 Å². The molecule has 3 rings (SSSR count). The van der Waals surface area contributed by atoms with Crippen molar-refractivity contribution in [3.63, 3.8) is 0 Å². The highest BCUT2D eigenvalue weighted by atomic mass is 16.5. The second-order valence-electron chi connectivity index (χ2n) is 5.95. The predicted molar refractivity (Wildman–Crippen MR) is 112 cm³/mol. The van der Waals surface area contributed by atoms with Crippen molar-refractivity contribution in [3.05, 3.63) is 90.0 Å². The van der Waals surface area contributed by atoms with Crippen LogP contribution < -0.4 is 19.6 Å². The van der Waals surface area contributed by atoms with Crippen molar-refractivity contribution in [2.45, 2.75) is 0 Å². The topological polar surface area (TPSA) is 69.2 Å². The summed E-state index contributed by atoms with van der Waals surface area (Å²) in [6.45, 7) is 0.676. The average molecular weight is 390 g/mol. The Morgan fingerprint density at radius 2 is 1.52 bits per heavy atom. The van der Waals surface area contributed by atoms with Gasteiger partial charge in [-0.15, -0.1) is 0 Å². The molecule has 0 saturated heterocycles. The maximum Gasteiger partial charge on any atom is 0.275 e. The van der Waals surface area contributed by atoms with Gasteiger partial charge in [-0.2, -0.15) is 5.10 Å². The van der Waals surface area contributed by atoms with Crippen LogP contribution in [0.4, 0.5) is 0 Å². The van der Waals surface area contributed by atoms with Crippen molar-refractivity contribution in [1.29, 1.82) is 0 Å². The number of nitrogens with one attached hydrogen (secondary N) is 1. The number of carbonyl (C=O) groups is 1. The third-order valence-electron chi connectivity index (χ3n) is 3.99. The maximum atomic E-state index is 12.5. The Labute approximate surface area is 169 Å². The average Bonchev–Trinajstić information content (AvgIpc) is 2.78. The zero-order chi connectivity index (χ0) is 20.3. The van der Waals surface area contributed by atoms with E-state index in [2.05, 4.69) is 10.5 Å². The fourth-order valence-corrected chi connectivity index (χ4v) is 2.60. The van der Waals surface area contributed by atoms with Gasteiger partial charge >= 0.3 is 0 Å². The number of benzene rings is 3. The zero-order valence-corrected chi connectivity index (χ0v) is 16.1. The predicted octanol–water partition coefficient (Wildman–Crippen LogP) is 3.92. The molecular weight excluding hydrogens is 368 g/mol. The van der Waals surface area contributed by atoms with E-state index in [0.29, 0.717) is 30.3 Å². The number of ether oxygens (including phenoxy) is 3. The first-order valence-electron chi connectivity index (χ1n) is 9.14. The van der Waals surface area contributed by atoms with Crippen LogP contribution in [0.2, 0.25) is 0 Å². The molecule has 3 aromatic carbocycles. The van der Waals surface area contributed by atoms with Gasteiger partial charge in [0.15, 0.2) is 0 Å². The number of hydrogen-bond acceptors (Lipinski definition) is 5. The van der Waals surface area contributed by atoms with Crippen LogP contribution >= 0.6 is 0 Å². The molecule has 1 N–H and O–H groups in total. The van der Waals surface area contributed by atoms with E-state index in [9.17, 15) is 4.79 Å². The van der Waals surface area contributed by atoms with Crippen LogP contribution in [0, 0.1) is 0 Å². The fourth-order valence-electron chi connectivity index (χ4n) is 2.60. The Morgan fingerprint density at radius 1 is 0.862 bits per heavy atom. The number of carbonyl (C=O) groups excluding carboxylic acids is 1. The molecule has 0 aliphatic carbocycles. The van der Waals surface area contributed by atoms with Gasteiger partial charge in [0, 0.05) is 5.56 Å². The van der Waals surface area contributed by atoms with E-state index in [1.807, 2.05) is 60.7 Å². The van der Waals surface area contributed by atoms with E-state index in [0.717, 1.165) is 11.3 Å². The second kappa shape index (κ2) is 10.5.